The predicted molar refractivity (Wildman–Crippen MR) is 74.7 cm³/mol. The van der Waals surface area contributed by atoms with Crippen molar-refractivity contribution in [1.82, 2.24) is 0 Å². The number of rotatable bonds is 4. The van der Waals surface area contributed by atoms with Gasteiger partial charge < -0.3 is 14.6 Å². The quantitative estimate of drug-likeness (QED) is 0.669. The molecule has 0 aromatic heterocycles. The number of aliphatic hydroxyl groups is 1. The van der Waals surface area contributed by atoms with Gasteiger partial charge in [-0.1, -0.05) is 30.3 Å². The average Bonchev–Trinajstić information content (AvgIpc) is 2.79. The van der Waals surface area contributed by atoms with E-state index < -0.39 is 11.4 Å². The fourth-order valence-electron chi connectivity index (χ4n) is 2.75. The van der Waals surface area contributed by atoms with Crippen LogP contribution in [0.25, 0.3) is 0 Å². The van der Waals surface area contributed by atoms with Crippen LogP contribution in [0.3, 0.4) is 0 Å². The molecular weight excluding hydrogens is 240 g/mol. The maximum atomic E-state index is 11.0. The minimum absolute atomic E-state index is 0.708. The highest BCUT2D eigenvalue weighted by Gasteiger charge is 2.40. The topological polar surface area (TPSA) is 38.7 Å². The Balaban J connectivity index is 2.57. The van der Waals surface area contributed by atoms with Gasteiger partial charge in [0.1, 0.15) is 5.60 Å². The standard InChI is InChI=1S/C16H22O3/c1-12-8-7-11-16(12,17)14-10-6-5-9-13(14)15(2,18-3)19-4/h5-6,8-10,17H,7,11H2,1-4H3. The molecule has 19 heavy (non-hydrogen) atoms. The van der Waals surface area contributed by atoms with Crippen molar-refractivity contribution in [2.24, 2.45) is 0 Å². The molecule has 3 nitrogen and oxygen atoms in total. The Bertz CT molecular complexity index is 489. The molecule has 1 aromatic rings. The van der Waals surface area contributed by atoms with E-state index in [1.165, 1.54) is 0 Å². The molecule has 0 saturated carbocycles. The molecular formula is C16H22O3. The molecule has 0 heterocycles. The van der Waals surface area contributed by atoms with Crippen molar-refractivity contribution in [2.75, 3.05) is 14.2 Å². The molecule has 1 unspecified atom stereocenters. The van der Waals surface area contributed by atoms with Crippen LogP contribution in [-0.2, 0) is 20.9 Å². The Morgan fingerprint density at radius 1 is 1.21 bits per heavy atom. The molecule has 0 bridgehead atoms. The lowest BCUT2D eigenvalue weighted by atomic mass is 9.83. The molecule has 1 aliphatic rings. The number of ether oxygens (including phenoxy) is 2. The molecule has 0 fully saturated rings. The second-order valence-corrected chi connectivity index (χ2v) is 5.19. The van der Waals surface area contributed by atoms with Gasteiger partial charge in [0, 0.05) is 19.8 Å². The lowest BCUT2D eigenvalue weighted by molar-refractivity contribution is -0.203. The fraction of sp³-hybridized carbons (Fsp3) is 0.500. The molecule has 1 aliphatic carbocycles. The third kappa shape index (κ3) is 2.22. The van der Waals surface area contributed by atoms with Crippen LogP contribution in [0.4, 0.5) is 0 Å². The van der Waals surface area contributed by atoms with Crippen molar-refractivity contribution in [3.05, 3.63) is 47.0 Å². The summed E-state index contributed by atoms with van der Waals surface area (Å²) in [5, 5.41) is 11.0. The highest BCUT2D eigenvalue weighted by molar-refractivity contribution is 5.42. The van der Waals surface area contributed by atoms with Crippen molar-refractivity contribution >= 4 is 0 Å². The van der Waals surface area contributed by atoms with E-state index in [4.69, 9.17) is 9.47 Å². The highest BCUT2D eigenvalue weighted by Crippen LogP contribution is 2.43. The third-order valence-corrected chi connectivity index (χ3v) is 4.25. The number of benzene rings is 1. The van der Waals surface area contributed by atoms with Crippen LogP contribution in [0.15, 0.2) is 35.9 Å². The van der Waals surface area contributed by atoms with Crippen LogP contribution < -0.4 is 0 Å². The van der Waals surface area contributed by atoms with E-state index in [1.807, 2.05) is 38.1 Å². The maximum absolute atomic E-state index is 11.0. The van der Waals surface area contributed by atoms with Gasteiger partial charge in [0.05, 0.1) is 0 Å². The summed E-state index contributed by atoms with van der Waals surface area (Å²) in [6.07, 6.45) is 3.69. The molecule has 3 heteroatoms. The van der Waals surface area contributed by atoms with Crippen LogP contribution in [0.1, 0.15) is 37.8 Å². The van der Waals surface area contributed by atoms with E-state index in [2.05, 4.69) is 6.08 Å². The Labute approximate surface area is 114 Å². The summed E-state index contributed by atoms with van der Waals surface area (Å²) < 4.78 is 11.0. The van der Waals surface area contributed by atoms with E-state index in [1.54, 1.807) is 14.2 Å². The molecule has 0 aliphatic heterocycles. The third-order valence-electron chi connectivity index (χ3n) is 4.25. The Hall–Kier alpha value is -1.16. The summed E-state index contributed by atoms with van der Waals surface area (Å²) in [4.78, 5) is 0. The van der Waals surface area contributed by atoms with E-state index in [0.29, 0.717) is 6.42 Å². The first kappa shape index (κ1) is 14.3. The zero-order chi connectivity index (χ0) is 14.1. The number of methoxy groups -OCH3 is 2. The minimum atomic E-state index is -0.908. The molecule has 1 atom stereocenters. The number of allylic oxidation sites excluding steroid dienone is 1. The largest absolute Gasteiger partial charge is 0.381 e. The molecule has 0 amide bonds. The number of hydrogen-bond acceptors (Lipinski definition) is 3. The first-order valence-corrected chi connectivity index (χ1v) is 6.58. The summed E-state index contributed by atoms with van der Waals surface area (Å²) in [7, 11) is 3.23. The van der Waals surface area contributed by atoms with Gasteiger partial charge in [-0.2, -0.15) is 0 Å². The molecule has 1 N–H and O–H groups in total. The van der Waals surface area contributed by atoms with Crippen molar-refractivity contribution in [3.8, 4) is 0 Å². The smallest absolute Gasteiger partial charge is 0.191 e. The van der Waals surface area contributed by atoms with Gasteiger partial charge in [-0.15, -0.1) is 0 Å². The second kappa shape index (κ2) is 5.08. The lowest BCUT2D eigenvalue weighted by Crippen LogP contribution is -2.33. The number of hydrogen-bond donors (Lipinski definition) is 1. The summed E-state index contributed by atoms with van der Waals surface area (Å²) in [5.41, 5.74) is 1.83. The van der Waals surface area contributed by atoms with Crippen molar-refractivity contribution in [3.63, 3.8) is 0 Å². The van der Waals surface area contributed by atoms with Crippen LogP contribution in [-0.4, -0.2) is 19.3 Å². The Morgan fingerprint density at radius 2 is 1.84 bits per heavy atom. The SMILES string of the molecule is COC(C)(OC)c1ccccc1C1(O)CCC=C1C. The molecule has 0 spiro atoms. The second-order valence-electron chi connectivity index (χ2n) is 5.19. The van der Waals surface area contributed by atoms with Crippen LogP contribution >= 0.6 is 0 Å². The van der Waals surface area contributed by atoms with Crippen LogP contribution in [0.5, 0.6) is 0 Å². The average molecular weight is 262 g/mol. The van der Waals surface area contributed by atoms with Gasteiger partial charge in [0.15, 0.2) is 5.79 Å². The molecule has 1 aromatic carbocycles. The van der Waals surface area contributed by atoms with Gasteiger partial charge in [0.2, 0.25) is 0 Å². The summed E-state index contributed by atoms with van der Waals surface area (Å²) in [6.45, 7) is 3.84. The first-order chi connectivity index (χ1) is 8.98. The molecule has 0 radical (unpaired) electrons. The van der Waals surface area contributed by atoms with E-state index in [9.17, 15) is 5.11 Å². The van der Waals surface area contributed by atoms with Gasteiger partial charge in [0.25, 0.3) is 0 Å². The van der Waals surface area contributed by atoms with E-state index >= 15 is 0 Å². The van der Waals surface area contributed by atoms with Gasteiger partial charge in [-0.05, 0) is 37.8 Å². The fourth-order valence-corrected chi connectivity index (χ4v) is 2.75. The molecule has 104 valence electrons. The monoisotopic (exact) mass is 262 g/mol. The van der Waals surface area contributed by atoms with Crippen molar-refractivity contribution in [1.29, 1.82) is 0 Å². The minimum Gasteiger partial charge on any atom is -0.381 e. The van der Waals surface area contributed by atoms with Gasteiger partial charge >= 0.3 is 0 Å². The van der Waals surface area contributed by atoms with Crippen LogP contribution in [0, 0.1) is 0 Å². The van der Waals surface area contributed by atoms with Crippen LogP contribution in [0.2, 0.25) is 0 Å². The zero-order valence-electron chi connectivity index (χ0n) is 12.1. The van der Waals surface area contributed by atoms with E-state index in [-0.39, 0.29) is 0 Å². The Morgan fingerprint density at radius 3 is 2.37 bits per heavy atom. The zero-order valence-corrected chi connectivity index (χ0v) is 12.1. The van der Waals surface area contributed by atoms with Crippen molar-refractivity contribution < 1.29 is 14.6 Å². The predicted octanol–water partition coefficient (Wildman–Crippen LogP) is 3.08. The first-order valence-electron chi connectivity index (χ1n) is 6.58. The summed E-state index contributed by atoms with van der Waals surface area (Å²) in [5.74, 6) is -0.852. The highest BCUT2D eigenvalue weighted by atomic mass is 16.7. The van der Waals surface area contributed by atoms with Gasteiger partial charge in [-0.3, -0.25) is 0 Å². The summed E-state index contributed by atoms with van der Waals surface area (Å²) >= 11 is 0. The van der Waals surface area contributed by atoms with Crippen molar-refractivity contribution in [2.45, 2.75) is 38.1 Å². The Kier molecular flexibility index (Phi) is 3.81. The summed E-state index contributed by atoms with van der Waals surface area (Å²) in [6, 6.07) is 7.78. The normalized spacial score (nSPS) is 23.5. The van der Waals surface area contributed by atoms with E-state index in [0.717, 1.165) is 23.1 Å². The maximum Gasteiger partial charge on any atom is 0.191 e. The lowest BCUT2D eigenvalue weighted by Gasteiger charge is -2.34. The molecule has 0 saturated heterocycles. The van der Waals surface area contributed by atoms with Gasteiger partial charge in [-0.25, -0.2) is 0 Å². The molecule has 2 rings (SSSR count).